The van der Waals surface area contributed by atoms with Gasteiger partial charge in [-0.3, -0.25) is 9.78 Å². The number of alkyl carbamates (subject to hydrolysis) is 1. The maximum Gasteiger partial charge on any atom is 0.407 e. The van der Waals surface area contributed by atoms with Crippen LogP contribution in [0.25, 0.3) is 0 Å². The van der Waals surface area contributed by atoms with E-state index < -0.39 is 11.7 Å². The average Bonchev–Trinajstić information content (AvgIpc) is 2.85. The topological polar surface area (TPSA) is 80.3 Å². The first-order valence-corrected chi connectivity index (χ1v) is 13.2. The standard InChI is InChI=1S/C29H35N3O3S/c1-29(2,3)35-28(34)32-25(17-22-11-6-4-7-12-22)21-36-26(18-23-13-8-5-9-14-23)27(33)31-20-24-15-10-16-30-19-24/h4-16,19,25-26H,17-18,20-21H2,1-3H3,(H,31,33)(H,32,34)/t25-,26+/m1/s1. The number of carbonyl (C=O) groups is 2. The normalized spacial score (nSPS) is 12.9. The molecule has 0 spiro atoms. The van der Waals surface area contributed by atoms with Gasteiger partial charge in [0.2, 0.25) is 5.91 Å². The van der Waals surface area contributed by atoms with Gasteiger partial charge < -0.3 is 15.4 Å². The van der Waals surface area contributed by atoms with Crippen molar-refractivity contribution in [1.82, 2.24) is 15.6 Å². The minimum atomic E-state index is -0.587. The molecule has 0 unspecified atom stereocenters. The number of thioether (sulfide) groups is 1. The third kappa shape index (κ3) is 10.1. The molecule has 0 aliphatic heterocycles. The van der Waals surface area contributed by atoms with Crippen LogP contribution in [0.5, 0.6) is 0 Å². The molecule has 3 rings (SSSR count). The summed E-state index contributed by atoms with van der Waals surface area (Å²) in [4.78, 5) is 29.9. The highest BCUT2D eigenvalue weighted by Gasteiger charge is 2.24. The lowest BCUT2D eigenvalue weighted by Gasteiger charge is -2.25. The van der Waals surface area contributed by atoms with Crippen LogP contribution in [0.4, 0.5) is 4.79 Å². The molecule has 6 nitrogen and oxygen atoms in total. The molecule has 0 bridgehead atoms. The van der Waals surface area contributed by atoms with Crippen LogP contribution in [0.3, 0.4) is 0 Å². The van der Waals surface area contributed by atoms with Gasteiger partial charge in [-0.15, -0.1) is 11.8 Å². The van der Waals surface area contributed by atoms with Crippen molar-refractivity contribution in [1.29, 1.82) is 0 Å². The molecule has 2 aromatic carbocycles. The quantitative estimate of drug-likeness (QED) is 0.375. The zero-order valence-electron chi connectivity index (χ0n) is 21.1. The Hall–Kier alpha value is -3.32. The van der Waals surface area contributed by atoms with Gasteiger partial charge in [0.25, 0.3) is 0 Å². The third-order valence-electron chi connectivity index (χ3n) is 5.29. The SMILES string of the molecule is CC(C)(C)OC(=O)N[C@@H](CS[C@@H](Cc1ccccc1)C(=O)NCc1cccnc1)Cc1ccccc1. The molecule has 1 heterocycles. The first-order chi connectivity index (χ1) is 17.3. The first-order valence-electron chi connectivity index (χ1n) is 12.1. The summed E-state index contributed by atoms with van der Waals surface area (Å²) in [6.07, 6.45) is 4.24. The number of hydrogen-bond acceptors (Lipinski definition) is 5. The zero-order chi connectivity index (χ0) is 25.8. The van der Waals surface area contributed by atoms with Crippen LogP contribution in [-0.4, -0.2) is 39.6 Å². The number of nitrogens with zero attached hydrogens (tertiary/aromatic N) is 1. The number of rotatable bonds is 11. The van der Waals surface area contributed by atoms with E-state index in [0.29, 0.717) is 25.1 Å². The molecule has 3 aromatic rings. The Kier molecular flexibility index (Phi) is 10.4. The molecule has 0 saturated carbocycles. The van der Waals surface area contributed by atoms with E-state index in [0.717, 1.165) is 16.7 Å². The van der Waals surface area contributed by atoms with E-state index in [1.54, 1.807) is 24.2 Å². The highest BCUT2D eigenvalue weighted by atomic mass is 32.2. The number of amides is 2. The summed E-state index contributed by atoms with van der Waals surface area (Å²) in [6.45, 7) is 5.95. The molecule has 190 valence electrons. The summed E-state index contributed by atoms with van der Waals surface area (Å²) in [7, 11) is 0. The van der Waals surface area contributed by atoms with Crippen molar-refractivity contribution in [3.05, 3.63) is 102 Å². The predicted molar refractivity (Wildman–Crippen MR) is 146 cm³/mol. The van der Waals surface area contributed by atoms with Crippen LogP contribution in [0.15, 0.2) is 85.2 Å². The molecule has 0 aliphatic rings. The second-order valence-electron chi connectivity index (χ2n) is 9.62. The Morgan fingerprint density at radius 3 is 2.08 bits per heavy atom. The number of nitrogens with one attached hydrogen (secondary N) is 2. The predicted octanol–water partition coefficient (Wildman–Crippen LogP) is 5.18. The first kappa shape index (κ1) is 27.3. The van der Waals surface area contributed by atoms with Crippen molar-refractivity contribution in [2.45, 2.75) is 57.1 Å². The maximum absolute atomic E-state index is 13.2. The molecule has 36 heavy (non-hydrogen) atoms. The molecule has 2 N–H and O–H groups in total. The molecule has 2 amide bonds. The summed E-state index contributed by atoms with van der Waals surface area (Å²) in [5.74, 6) is 0.523. The number of carbonyl (C=O) groups excluding carboxylic acids is 2. The molecular formula is C29H35N3O3S. The third-order valence-corrected chi connectivity index (χ3v) is 6.67. The van der Waals surface area contributed by atoms with E-state index in [9.17, 15) is 9.59 Å². The molecule has 0 fully saturated rings. The van der Waals surface area contributed by atoms with Crippen LogP contribution >= 0.6 is 11.8 Å². The lowest BCUT2D eigenvalue weighted by Crippen LogP contribution is -2.42. The van der Waals surface area contributed by atoms with Crippen molar-refractivity contribution in [2.24, 2.45) is 0 Å². The van der Waals surface area contributed by atoms with Crippen LogP contribution in [0, 0.1) is 0 Å². The fraction of sp³-hybridized carbons (Fsp3) is 0.345. The van der Waals surface area contributed by atoms with Crippen molar-refractivity contribution in [2.75, 3.05) is 5.75 Å². The lowest BCUT2D eigenvalue weighted by molar-refractivity contribution is -0.120. The van der Waals surface area contributed by atoms with Gasteiger partial charge in [-0.2, -0.15) is 0 Å². The fourth-order valence-electron chi connectivity index (χ4n) is 3.62. The Balaban J connectivity index is 1.70. The van der Waals surface area contributed by atoms with E-state index in [1.807, 2.05) is 93.6 Å². The van der Waals surface area contributed by atoms with Gasteiger partial charge in [0.15, 0.2) is 0 Å². The lowest BCUT2D eigenvalue weighted by atomic mass is 10.1. The molecule has 0 saturated heterocycles. The van der Waals surface area contributed by atoms with Crippen LogP contribution in [0.1, 0.15) is 37.5 Å². The zero-order valence-corrected chi connectivity index (χ0v) is 22.0. The smallest absolute Gasteiger partial charge is 0.407 e. The number of aromatic nitrogens is 1. The number of pyridine rings is 1. The molecule has 0 radical (unpaired) electrons. The van der Waals surface area contributed by atoms with Gasteiger partial charge in [-0.05, 0) is 56.4 Å². The van der Waals surface area contributed by atoms with Gasteiger partial charge in [-0.1, -0.05) is 66.7 Å². The van der Waals surface area contributed by atoms with E-state index in [1.165, 1.54) is 0 Å². The molecule has 0 aliphatic carbocycles. The largest absolute Gasteiger partial charge is 0.444 e. The Morgan fingerprint density at radius 2 is 1.50 bits per heavy atom. The van der Waals surface area contributed by atoms with E-state index in [4.69, 9.17) is 4.74 Å². The van der Waals surface area contributed by atoms with Gasteiger partial charge >= 0.3 is 6.09 Å². The minimum absolute atomic E-state index is 0.0385. The Bertz CT molecular complexity index is 1070. The van der Waals surface area contributed by atoms with Crippen molar-refractivity contribution >= 4 is 23.8 Å². The summed E-state index contributed by atoms with van der Waals surface area (Å²) in [5, 5.41) is 5.75. The van der Waals surface area contributed by atoms with E-state index in [2.05, 4.69) is 15.6 Å². The van der Waals surface area contributed by atoms with Crippen molar-refractivity contribution in [3.8, 4) is 0 Å². The summed E-state index contributed by atoms with van der Waals surface area (Å²) < 4.78 is 5.50. The van der Waals surface area contributed by atoms with Crippen LogP contribution < -0.4 is 10.6 Å². The van der Waals surface area contributed by atoms with Crippen LogP contribution in [0.2, 0.25) is 0 Å². The van der Waals surface area contributed by atoms with Gasteiger partial charge in [-0.25, -0.2) is 4.79 Å². The summed E-state index contributed by atoms with van der Waals surface area (Å²) >= 11 is 1.55. The molecular weight excluding hydrogens is 470 g/mol. The molecule has 2 atom stereocenters. The van der Waals surface area contributed by atoms with Crippen LogP contribution in [-0.2, 0) is 28.9 Å². The van der Waals surface area contributed by atoms with Gasteiger partial charge in [0.1, 0.15) is 5.60 Å². The Morgan fingerprint density at radius 1 is 0.889 bits per heavy atom. The highest BCUT2D eigenvalue weighted by molar-refractivity contribution is 8.00. The summed E-state index contributed by atoms with van der Waals surface area (Å²) in [5.41, 5.74) is 2.56. The second kappa shape index (κ2) is 13.7. The minimum Gasteiger partial charge on any atom is -0.444 e. The van der Waals surface area contributed by atoms with Gasteiger partial charge in [0.05, 0.1) is 5.25 Å². The van der Waals surface area contributed by atoms with Crippen molar-refractivity contribution in [3.63, 3.8) is 0 Å². The maximum atomic E-state index is 13.2. The second-order valence-corrected chi connectivity index (χ2v) is 10.9. The molecule has 1 aromatic heterocycles. The van der Waals surface area contributed by atoms with E-state index >= 15 is 0 Å². The summed E-state index contributed by atoms with van der Waals surface area (Å²) in [6, 6.07) is 23.6. The average molecular weight is 506 g/mol. The fourth-order valence-corrected chi connectivity index (χ4v) is 4.83. The monoisotopic (exact) mass is 505 g/mol. The van der Waals surface area contributed by atoms with Crippen molar-refractivity contribution < 1.29 is 14.3 Å². The van der Waals surface area contributed by atoms with Gasteiger partial charge in [0, 0.05) is 30.7 Å². The highest BCUT2D eigenvalue weighted by Crippen LogP contribution is 2.20. The molecule has 7 heteroatoms. The Labute approximate surface area is 218 Å². The number of benzene rings is 2. The number of ether oxygens (including phenoxy) is 1. The van der Waals surface area contributed by atoms with E-state index in [-0.39, 0.29) is 17.2 Å². The number of hydrogen-bond donors (Lipinski definition) is 2.